The number of anilines is 1. The Balaban J connectivity index is 1.93. The summed E-state index contributed by atoms with van der Waals surface area (Å²) in [5, 5.41) is 14.7. The molecular formula is C17H20N2O6. The molecule has 1 heterocycles. The van der Waals surface area contributed by atoms with Gasteiger partial charge in [0.05, 0.1) is 26.5 Å². The highest BCUT2D eigenvalue weighted by Gasteiger charge is 2.19. The standard InChI is InChI=1S/C17H20N2O6/c1-10-4-7-14(25-10)13(20)9-18-16(21)17(22)19-12-6-5-11(23-2)8-15(12)24-3/h4-8,13,20H,9H2,1-3H3,(H,18,21)(H,19,22). The number of carbonyl (C=O) groups is 2. The van der Waals surface area contributed by atoms with Gasteiger partial charge in [0.2, 0.25) is 0 Å². The van der Waals surface area contributed by atoms with E-state index in [1.807, 2.05) is 0 Å². The normalized spacial score (nSPS) is 11.5. The van der Waals surface area contributed by atoms with Crippen LogP contribution in [0.3, 0.4) is 0 Å². The number of furan rings is 1. The molecule has 0 radical (unpaired) electrons. The largest absolute Gasteiger partial charge is 0.497 e. The summed E-state index contributed by atoms with van der Waals surface area (Å²) in [5.41, 5.74) is 0.325. The summed E-state index contributed by atoms with van der Waals surface area (Å²) in [5.74, 6) is 0.0917. The van der Waals surface area contributed by atoms with E-state index in [0.29, 0.717) is 28.7 Å². The first-order valence-corrected chi connectivity index (χ1v) is 7.50. The highest BCUT2D eigenvalue weighted by molar-refractivity contribution is 6.39. The second-order valence-electron chi connectivity index (χ2n) is 5.19. The number of methoxy groups -OCH3 is 2. The van der Waals surface area contributed by atoms with E-state index in [2.05, 4.69) is 10.6 Å². The van der Waals surface area contributed by atoms with Crippen LogP contribution in [-0.2, 0) is 9.59 Å². The Morgan fingerprint density at radius 1 is 1.16 bits per heavy atom. The molecule has 1 unspecified atom stereocenters. The number of amides is 2. The molecule has 2 amide bonds. The molecule has 0 bridgehead atoms. The molecule has 0 saturated heterocycles. The van der Waals surface area contributed by atoms with Gasteiger partial charge in [0.15, 0.2) is 0 Å². The van der Waals surface area contributed by atoms with Crippen molar-refractivity contribution in [3.8, 4) is 11.5 Å². The monoisotopic (exact) mass is 348 g/mol. The van der Waals surface area contributed by atoms with Gasteiger partial charge >= 0.3 is 11.8 Å². The van der Waals surface area contributed by atoms with Gasteiger partial charge in [-0.05, 0) is 31.2 Å². The number of nitrogens with one attached hydrogen (secondary N) is 2. The zero-order chi connectivity index (χ0) is 18.4. The fraction of sp³-hybridized carbons (Fsp3) is 0.294. The van der Waals surface area contributed by atoms with Gasteiger partial charge in [0, 0.05) is 6.07 Å². The molecule has 0 aliphatic carbocycles. The Bertz CT molecular complexity index is 755. The molecule has 0 spiro atoms. The summed E-state index contributed by atoms with van der Waals surface area (Å²) < 4.78 is 15.5. The van der Waals surface area contributed by atoms with Gasteiger partial charge in [-0.2, -0.15) is 0 Å². The molecule has 1 aromatic heterocycles. The summed E-state index contributed by atoms with van der Waals surface area (Å²) in [6.07, 6.45) is -1.04. The second kappa shape index (κ2) is 8.20. The molecule has 0 aliphatic heterocycles. The van der Waals surface area contributed by atoms with Crippen LogP contribution in [0.4, 0.5) is 5.69 Å². The number of aliphatic hydroxyl groups excluding tert-OH is 1. The molecule has 3 N–H and O–H groups in total. The van der Waals surface area contributed by atoms with E-state index in [9.17, 15) is 14.7 Å². The average molecular weight is 348 g/mol. The van der Waals surface area contributed by atoms with Crippen molar-refractivity contribution in [1.29, 1.82) is 0 Å². The van der Waals surface area contributed by atoms with Gasteiger partial charge in [-0.1, -0.05) is 0 Å². The lowest BCUT2D eigenvalue weighted by Crippen LogP contribution is -2.37. The van der Waals surface area contributed by atoms with Crippen molar-refractivity contribution in [3.05, 3.63) is 41.9 Å². The van der Waals surface area contributed by atoms with Crippen LogP contribution in [0.15, 0.2) is 34.7 Å². The number of rotatable bonds is 6. The zero-order valence-electron chi connectivity index (χ0n) is 14.2. The van der Waals surface area contributed by atoms with E-state index in [0.717, 1.165) is 0 Å². The third-order valence-corrected chi connectivity index (χ3v) is 3.41. The van der Waals surface area contributed by atoms with Gasteiger partial charge < -0.3 is 29.6 Å². The maximum absolute atomic E-state index is 12.0. The summed E-state index contributed by atoms with van der Waals surface area (Å²) in [4.78, 5) is 23.9. The van der Waals surface area contributed by atoms with E-state index >= 15 is 0 Å². The van der Waals surface area contributed by atoms with Crippen molar-refractivity contribution in [2.45, 2.75) is 13.0 Å². The Morgan fingerprint density at radius 2 is 1.92 bits per heavy atom. The molecule has 0 saturated carbocycles. The summed E-state index contributed by atoms with van der Waals surface area (Å²) in [6, 6.07) is 8.07. The SMILES string of the molecule is COc1ccc(NC(=O)C(=O)NCC(O)c2ccc(C)o2)c(OC)c1. The van der Waals surface area contributed by atoms with Crippen LogP contribution in [0.5, 0.6) is 11.5 Å². The highest BCUT2D eigenvalue weighted by Crippen LogP contribution is 2.28. The summed E-state index contributed by atoms with van der Waals surface area (Å²) >= 11 is 0. The Morgan fingerprint density at radius 3 is 2.52 bits per heavy atom. The number of ether oxygens (including phenoxy) is 2. The van der Waals surface area contributed by atoms with Crippen molar-refractivity contribution in [2.24, 2.45) is 0 Å². The first-order valence-electron chi connectivity index (χ1n) is 7.50. The maximum Gasteiger partial charge on any atom is 0.313 e. The van der Waals surface area contributed by atoms with Gasteiger partial charge in [-0.15, -0.1) is 0 Å². The summed E-state index contributed by atoms with van der Waals surface area (Å²) in [7, 11) is 2.94. The minimum atomic E-state index is -1.04. The van der Waals surface area contributed by atoms with Gasteiger partial charge in [-0.3, -0.25) is 9.59 Å². The van der Waals surface area contributed by atoms with Gasteiger partial charge in [-0.25, -0.2) is 0 Å². The lowest BCUT2D eigenvalue weighted by molar-refractivity contribution is -0.136. The number of hydrogen-bond acceptors (Lipinski definition) is 6. The molecule has 8 nitrogen and oxygen atoms in total. The van der Waals surface area contributed by atoms with Crippen molar-refractivity contribution < 1.29 is 28.6 Å². The first-order chi connectivity index (χ1) is 11.9. The molecule has 0 aliphatic rings. The van der Waals surface area contributed by atoms with Gasteiger partial charge in [0.25, 0.3) is 0 Å². The smallest absolute Gasteiger partial charge is 0.313 e. The lowest BCUT2D eigenvalue weighted by atomic mass is 10.2. The van der Waals surface area contributed by atoms with E-state index in [-0.39, 0.29) is 6.54 Å². The van der Waals surface area contributed by atoms with Crippen LogP contribution in [0.25, 0.3) is 0 Å². The van der Waals surface area contributed by atoms with Crippen molar-refractivity contribution in [2.75, 3.05) is 26.1 Å². The first kappa shape index (κ1) is 18.3. The van der Waals surface area contributed by atoms with E-state index in [1.165, 1.54) is 14.2 Å². The number of carbonyl (C=O) groups excluding carboxylic acids is 2. The Hall–Kier alpha value is -3.00. The molecule has 2 aromatic rings. The fourth-order valence-electron chi connectivity index (χ4n) is 2.08. The molecule has 134 valence electrons. The van der Waals surface area contributed by atoms with Crippen molar-refractivity contribution >= 4 is 17.5 Å². The van der Waals surface area contributed by atoms with Crippen molar-refractivity contribution in [3.63, 3.8) is 0 Å². The minimum Gasteiger partial charge on any atom is -0.497 e. The van der Waals surface area contributed by atoms with Gasteiger partial charge in [0.1, 0.15) is 29.1 Å². The van der Waals surface area contributed by atoms with Crippen molar-refractivity contribution in [1.82, 2.24) is 5.32 Å². The quantitative estimate of drug-likeness (QED) is 0.681. The van der Waals surface area contributed by atoms with E-state index < -0.39 is 17.9 Å². The molecule has 1 atom stereocenters. The number of aryl methyl sites for hydroxylation is 1. The lowest BCUT2D eigenvalue weighted by Gasteiger charge is -2.12. The molecule has 2 rings (SSSR count). The van der Waals surface area contributed by atoms with Crippen LogP contribution in [-0.4, -0.2) is 37.7 Å². The third kappa shape index (κ3) is 4.74. The topological polar surface area (TPSA) is 110 Å². The predicted octanol–water partition coefficient (Wildman–Crippen LogP) is 1.39. The minimum absolute atomic E-state index is 0.154. The zero-order valence-corrected chi connectivity index (χ0v) is 14.2. The predicted molar refractivity (Wildman–Crippen MR) is 89.6 cm³/mol. The number of aliphatic hydroxyl groups is 1. The Kier molecular flexibility index (Phi) is 6.02. The van der Waals surface area contributed by atoms with Crippen LogP contribution >= 0.6 is 0 Å². The number of benzene rings is 1. The fourth-order valence-corrected chi connectivity index (χ4v) is 2.08. The molecule has 1 aromatic carbocycles. The van der Waals surface area contributed by atoms with Crippen LogP contribution in [0.2, 0.25) is 0 Å². The second-order valence-corrected chi connectivity index (χ2v) is 5.19. The molecule has 25 heavy (non-hydrogen) atoms. The molecule has 0 fully saturated rings. The molecular weight excluding hydrogens is 328 g/mol. The van der Waals surface area contributed by atoms with E-state index in [1.54, 1.807) is 37.3 Å². The van der Waals surface area contributed by atoms with Crippen LogP contribution in [0.1, 0.15) is 17.6 Å². The summed E-state index contributed by atoms with van der Waals surface area (Å²) in [6.45, 7) is 1.59. The Labute approximate surface area is 144 Å². The third-order valence-electron chi connectivity index (χ3n) is 3.41. The van der Waals surface area contributed by atoms with E-state index in [4.69, 9.17) is 13.9 Å². The number of hydrogen-bond donors (Lipinski definition) is 3. The van der Waals surface area contributed by atoms with Crippen LogP contribution < -0.4 is 20.1 Å². The molecule has 8 heteroatoms. The maximum atomic E-state index is 12.0. The average Bonchev–Trinajstić information content (AvgIpc) is 3.06. The van der Waals surface area contributed by atoms with Crippen LogP contribution in [0, 0.1) is 6.92 Å². The highest BCUT2D eigenvalue weighted by atomic mass is 16.5.